The molecule has 1 aromatic rings. The zero-order valence-electron chi connectivity index (χ0n) is 11.1. The fraction of sp³-hybridized carbons (Fsp3) is 0.429. The molecular weight excluding hydrogens is 244 g/mol. The van der Waals surface area contributed by atoms with E-state index in [9.17, 15) is 9.59 Å². The molecule has 0 aliphatic carbocycles. The average molecular weight is 264 g/mol. The average Bonchev–Trinajstić information content (AvgIpc) is 2.38. The lowest BCUT2D eigenvalue weighted by Crippen LogP contribution is -2.24. The number of rotatable bonds is 7. The Bertz CT molecular complexity index is 415. The van der Waals surface area contributed by atoms with Crippen molar-refractivity contribution < 1.29 is 14.3 Å². The van der Waals surface area contributed by atoms with E-state index in [2.05, 4.69) is 5.32 Å². The second-order valence-electron chi connectivity index (χ2n) is 4.17. The standard InChI is InChI=1S/C14H20N2O3/c1-2-16-13(17)9-10-19-14(18)8-5-11-3-6-12(15)7-4-11/h3-4,6-7H,2,5,8-10,15H2,1H3,(H,16,17). The predicted molar refractivity (Wildman–Crippen MR) is 73.4 cm³/mol. The molecule has 0 saturated carbocycles. The molecule has 1 aromatic carbocycles. The number of hydrogen-bond acceptors (Lipinski definition) is 4. The lowest BCUT2D eigenvalue weighted by molar-refractivity contribution is -0.144. The van der Waals surface area contributed by atoms with Crippen molar-refractivity contribution in [3.63, 3.8) is 0 Å². The maximum Gasteiger partial charge on any atom is 0.306 e. The van der Waals surface area contributed by atoms with E-state index >= 15 is 0 Å². The molecule has 0 radical (unpaired) electrons. The minimum atomic E-state index is -0.291. The Morgan fingerprint density at radius 1 is 1.21 bits per heavy atom. The summed E-state index contributed by atoms with van der Waals surface area (Å²) in [6, 6.07) is 7.38. The van der Waals surface area contributed by atoms with Crippen LogP contribution in [0.15, 0.2) is 24.3 Å². The maximum atomic E-state index is 11.4. The van der Waals surface area contributed by atoms with Crippen molar-refractivity contribution in [1.29, 1.82) is 0 Å². The van der Waals surface area contributed by atoms with Crippen LogP contribution in [0.4, 0.5) is 5.69 Å². The highest BCUT2D eigenvalue weighted by atomic mass is 16.5. The molecule has 0 aliphatic rings. The van der Waals surface area contributed by atoms with Gasteiger partial charge >= 0.3 is 5.97 Å². The molecule has 5 nitrogen and oxygen atoms in total. The van der Waals surface area contributed by atoms with Gasteiger partial charge in [0.25, 0.3) is 0 Å². The minimum absolute atomic E-state index is 0.103. The van der Waals surface area contributed by atoms with Crippen LogP contribution in [0.3, 0.4) is 0 Å². The molecule has 0 aromatic heterocycles. The highest BCUT2D eigenvalue weighted by Gasteiger charge is 2.05. The smallest absolute Gasteiger partial charge is 0.306 e. The van der Waals surface area contributed by atoms with Crippen molar-refractivity contribution in [1.82, 2.24) is 5.32 Å². The molecule has 0 fully saturated rings. The number of ether oxygens (including phenoxy) is 1. The SMILES string of the molecule is CCNC(=O)CCOC(=O)CCc1ccc(N)cc1. The van der Waals surface area contributed by atoms with Crippen molar-refractivity contribution in [2.45, 2.75) is 26.2 Å². The summed E-state index contributed by atoms with van der Waals surface area (Å²) in [6.07, 6.45) is 1.13. The van der Waals surface area contributed by atoms with Gasteiger partial charge in [-0.15, -0.1) is 0 Å². The highest BCUT2D eigenvalue weighted by Crippen LogP contribution is 2.08. The number of hydrogen-bond donors (Lipinski definition) is 2. The van der Waals surface area contributed by atoms with Gasteiger partial charge in [0, 0.05) is 18.7 Å². The van der Waals surface area contributed by atoms with E-state index < -0.39 is 0 Å². The molecule has 19 heavy (non-hydrogen) atoms. The molecule has 0 spiro atoms. The summed E-state index contributed by atoms with van der Waals surface area (Å²) in [4.78, 5) is 22.6. The van der Waals surface area contributed by atoms with Crippen LogP contribution in [0, 0.1) is 0 Å². The third-order valence-corrected chi connectivity index (χ3v) is 2.56. The van der Waals surface area contributed by atoms with Gasteiger partial charge in [-0.2, -0.15) is 0 Å². The molecule has 1 amide bonds. The Labute approximate surface area is 113 Å². The van der Waals surface area contributed by atoms with E-state index in [1.54, 1.807) is 12.1 Å². The predicted octanol–water partition coefficient (Wildman–Crippen LogP) is 1.27. The van der Waals surface area contributed by atoms with E-state index in [-0.39, 0.29) is 24.9 Å². The number of aryl methyl sites for hydroxylation is 1. The van der Waals surface area contributed by atoms with Crippen LogP contribution in [0.1, 0.15) is 25.3 Å². The lowest BCUT2D eigenvalue weighted by atomic mass is 10.1. The first-order chi connectivity index (χ1) is 9.11. The molecule has 5 heteroatoms. The third kappa shape index (κ3) is 6.45. The van der Waals surface area contributed by atoms with Crippen LogP contribution >= 0.6 is 0 Å². The number of nitrogen functional groups attached to an aromatic ring is 1. The van der Waals surface area contributed by atoms with Crippen LogP contribution in [0.5, 0.6) is 0 Å². The Hall–Kier alpha value is -2.04. The summed E-state index contributed by atoms with van der Waals surface area (Å²) in [6.45, 7) is 2.56. The summed E-state index contributed by atoms with van der Waals surface area (Å²) >= 11 is 0. The molecule has 0 unspecified atom stereocenters. The summed E-state index contributed by atoms with van der Waals surface area (Å²) in [5, 5.41) is 2.64. The van der Waals surface area contributed by atoms with E-state index in [4.69, 9.17) is 10.5 Å². The molecular formula is C14H20N2O3. The fourth-order valence-corrected chi connectivity index (χ4v) is 1.55. The molecule has 104 valence electrons. The van der Waals surface area contributed by atoms with Gasteiger partial charge in [-0.1, -0.05) is 12.1 Å². The van der Waals surface area contributed by atoms with Gasteiger partial charge in [0.2, 0.25) is 5.91 Å². The molecule has 0 bridgehead atoms. The number of amides is 1. The summed E-state index contributed by atoms with van der Waals surface area (Å²) in [5.41, 5.74) is 7.31. The summed E-state index contributed by atoms with van der Waals surface area (Å²) < 4.78 is 4.98. The Balaban J connectivity index is 2.17. The van der Waals surface area contributed by atoms with Crippen molar-refractivity contribution in [3.05, 3.63) is 29.8 Å². The number of esters is 1. The molecule has 3 N–H and O–H groups in total. The Kier molecular flexibility index (Phi) is 6.43. The third-order valence-electron chi connectivity index (χ3n) is 2.56. The van der Waals surface area contributed by atoms with Gasteiger partial charge in [0.1, 0.15) is 6.61 Å². The Morgan fingerprint density at radius 3 is 2.53 bits per heavy atom. The second-order valence-corrected chi connectivity index (χ2v) is 4.17. The van der Waals surface area contributed by atoms with Crippen LogP contribution < -0.4 is 11.1 Å². The number of carbonyl (C=O) groups excluding carboxylic acids is 2. The first-order valence-corrected chi connectivity index (χ1v) is 6.38. The topological polar surface area (TPSA) is 81.4 Å². The van der Waals surface area contributed by atoms with Crippen LogP contribution in [0.2, 0.25) is 0 Å². The van der Waals surface area contributed by atoms with Crippen molar-refractivity contribution in [2.75, 3.05) is 18.9 Å². The van der Waals surface area contributed by atoms with E-state index in [0.717, 1.165) is 5.56 Å². The van der Waals surface area contributed by atoms with Gasteiger partial charge in [-0.25, -0.2) is 0 Å². The molecule has 0 aliphatic heterocycles. The molecule has 0 saturated heterocycles. The molecule has 0 atom stereocenters. The number of carbonyl (C=O) groups is 2. The normalized spacial score (nSPS) is 9.95. The number of nitrogens with two attached hydrogens (primary N) is 1. The van der Waals surface area contributed by atoms with E-state index in [0.29, 0.717) is 25.1 Å². The fourth-order valence-electron chi connectivity index (χ4n) is 1.55. The van der Waals surface area contributed by atoms with Crippen LogP contribution in [-0.4, -0.2) is 25.0 Å². The summed E-state index contributed by atoms with van der Waals surface area (Å²) in [5.74, 6) is -0.394. The van der Waals surface area contributed by atoms with Crippen molar-refractivity contribution >= 4 is 17.6 Å². The largest absolute Gasteiger partial charge is 0.465 e. The molecule has 0 heterocycles. The van der Waals surface area contributed by atoms with Crippen molar-refractivity contribution in [2.24, 2.45) is 0 Å². The van der Waals surface area contributed by atoms with Gasteiger partial charge in [-0.3, -0.25) is 9.59 Å². The highest BCUT2D eigenvalue weighted by molar-refractivity contribution is 5.76. The minimum Gasteiger partial charge on any atom is -0.465 e. The first-order valence-electron chi connectivity index (χ1n) is 6.38. The number of nitrogens with one attached hydrogen (secondary N) is 1. The zero-order chi connectivity index (χ0) is 14.1. The van der Waals surface area contributed by atoms with Gasteiger partial charge in [-0.05, 0) is 31.0 Å². The van der Waals surface area contributed by atoms with Gasteiger partial charge in [0.05, 0.1) is 6.42 Å². The number of anilines is 1. The second kappa shape index (κ2) is 8.13. The quantitative estimate of drug-likeness (QED) is 0.574. The van der Waals surface area contributed by atoms with Crippen LogP contribution in [-0.2, 0) is 20.7 Å². The van der Waals surface area contributed by atoms with E-state index in [1.807, 2.05) is 19.1 Å². The number of benzene rings is 1. The van der Waals surface area contributed by atoms with Gasteiger partial charge in [0.15, 0.2) is 0 Å². The maximum absolute atomic E-state index is 11.4. The van der Waals surface area contributed by atoms with Crippen LogP contribution in [0.25, 0.3) is 0 Å². The molecule has 1 rings (SSSR count). The zero-order valence-corrected chi connectivity index (χ0v) is 11.1. The van der Waals surface area contributed by atoms with E-state index in [1.165, 1.54) is 0 Å². The first kappa shape index (κ1) is 15.0. The van der Waals surface area contributed by atoms with Crippen molar-refractivity contribution in [3.8, 4) is 0 Å². The summed E-state index contributed by atoms with van der Waals surface area (Å²) in [7, 11) is 0. The monoisotopic (exact) mass is 264 g/mol. The Morgan fingerprint density at radius 2 is 1.89 bits per heavy atom. The van der Waals surface area contributed by atoms with Gasteiger partial charge < -0.3 is 15.8 Å². The lowest BCUT2D eigenvalue weighted by Gasteiger charge is -2.05.